The highest BCUT2D eigenvalue weighted by Gasteiger charge is 2.13. The van der Waals surface area contributed by atoms with E-state index in [4.69, 9.17) is 0 Å². The number of halogens is 1. The number of benzene rings is 1. The number of nitrogens with zero attached hydrogens (tertiary/aromatic N) is 1. The van der Waals surface area contributed by atoms with E-state index in [1.165, 1.54) is 11.1 Å². The fourth-order valence-corrected chi connectivity index (χ4v) is 2.49. The first-order valence-electron chi connectivity index (χ1n) is 6.60. The van der Waals surface area contributed by atoms with Crippen molar-refractivity contribution < 1.29 is 0 Å². The van der Waals surface area contributed by atoms with E-state index in [2.05, 4.69) is 70.4 Å². The summed E-state index contributed by atoms with van der Waals surface area (Å²) in [5.74, 6) is 0. The first-order valence-corrected chi connectivity index (χ1v) is 7.39. The summed E-state index contributed by atoms with van der Waals surface area (Å²) in [6.45, 7) is 5.25. The zero-order chi connectivity index (χ0) is 13.7. The van der Waals surface area contributed by atoms with Gasteiger partial charge in [-0.1, -0.05) is 31.2 Å². The molecule has 0 saturated carbocycles. The Hall–Kier alpha value is -1.19. The minimum absolute atomic E-state index is 0.319. The largest absolute Gasteiger partial charge is 0.310 e. The number of rotatable bonds is 5. The molecule has 1 aromatic heterocycles. The van der Waals surface area contributed by atoms with Crippen LogP contribution in [0.2, 0.25) is 0 Å². The molecule has 0 saturated heterocycles. The van der Waals surface area contributed by atoms with E-state index in [1.807, 2.05) is 12.3 Å². The zero-order valence-electron chi connectivity index (χ0n) is 11.4. The van der Waals surface area contributed by atoms with Gasteiger partial charge in [0.05, 0.1) is 0 Å². The molecular weight excluding hydrogens is 300 g/mol. The summed E-state index contributed by atoms with van der Waals surface area (Å²) in [5.41, 5.74) is 3.79. The molecule has 1 heterocycles. The van der Waals surface area contributed by atoms with Gasteiger partial charge in [-0.2, -0.15) is 0 Å². The van der Waals surface area contributed by atoms with E-state index in [-0.39, 0.29) is 0 Å². The Labute approximate surface area is 123 Å². The summed E-state index contributed by atoms with van der Waals surface area (Å²) < 4.78 is 1.02. The molecule has 0 spiro atoms. The highest BCUT2D eigenvalue weighted by atomic mass is 79.9. The summed E-state index contributed by atoms with van der Waals surface area (Å²) in [5, 5.41) is 3.55. The van der Waals surface area contributed by atoms with Gasteiger partial charge in [0.25, 0.3) is 0 Å². The van der Waals surface area contributed by atoms with Gasteiger partial charge in [-0.3, -0.25) is 4.98 Å². The van der Waals surface area contributed by atoms with E-state index in [0.29, 0.717) is 6.04 Å². The van der Waals surface area contributed by atoms with Crippen LogP contribution in [-0.4, -0.2) is 11.5 Å². The van der Waals surface area contributed by atoms with Gasteiger partial charge >= 0.3 is 0 Å². The Kier molecular flexibility index (Phi) is 5.11. The third kappa shape index (κ3) is 3.88. The molecule has 0 fully saturated rings. The van der Waals surface area contributed by atoms with Crippen LogP contribution in [0, 0.1) is 6.92 Å². The van der Waals surface area contributed by atoms with Gasteiger partial charge < -0.3 is 5.32 Å². The van der Waals surface area contributed by atoms with Crippen LogP contribution in [0.5, 0.6) is 0 Å². The second-order valence-electron chi connectivity index (χ2n) is 4.64. The average Bonchev–Trinajstić information content (AvgIpc) is 2.41. The Bertz CT molecular complexity index is 523. The van der Waals surface area contributed by atoms with E-state index in [1.54, 1.807) is 0 Å². The van der Waals surface area contributed by atoms with Crippen LogP contribution in [0.25, 0.3) is 0 Å². The molecule has 0 aliphatic carbocycles. The minimum Gasteiger partial charge on any atom is -0.310 e. The van der Waals surface area contributed by atoms with Crippen LogP contribution in [-0.2, 0) is 6.42 Å². The monoisotopic (exact) mass is 318 g/mol. The number of likely N-dealkylation sites (N-methyl/N-ethyl adjacent to an activating group) is 1. The quantitative estimate of drug-likeness (QED) is 0.899. The molecule has 19 heavy (non-hydrogen) atoms. The van der Waals surface area contributed by atoms with E-state index in [0.717, 1.165) is 23.1 Å². The van der Waals surface area contributed by atoms with Crippen molar-refractivity contribution in [3.63, 3.8) is 0 Å². The molecule has 0 aliphatic rings. The topological polar surface area (TPSA) is 24.9 Å². The molecule has 3 heteroatoms. The van der Waals surface area contributed by atoms with Crippen LogP contribution >= 0.6 is 15.9 Å². The van der Waals surface area contributed by atoms with Crippen molar-refractivity contribution in [3.8, 4) is 0 Å². The van der Waals surface area contributed by atoms with Crippen LogP contribution in [0.1, 0.15) is 29.8 Å². The molecule has 0 amide bonds. The molecule has 2 nitrogen and oxygen atoms in total. The molecule has 1 N–H and O–H groups in total. The predicted molar refractivity (Wildman–Crippen MR) is 83.2 cm³/mol. The van der Waals surface area contributed by atoms with Crippen molar-refractivity contribution in [1.82, 2.24) is 10.3 Å². The molecule has 2 rings (SSSR count). The van der Waals surface area contributed by atoms with Gasteiger partial charge in [-0.15, -0.1) is 0 Å². The maximum atomic E-state index is 4.47. The highest BCUT2D eigenvalue weighted by molar-refractivity contribution is 9.10. The SMILES string of the molecule is CCNC(Cc1ccc(Br)cn1)c1ccccc1C. The molecule has 0 aliphatic heterocycles. The Morgan fingerprint density at radius 1 is 1.21 bits per heavy atom. The summed E-state index contributed by atoms with van der Waals surface area (Å²) in [6, 6.07) is 13.0. The lowest BCUT2D eigenvalue weighted by Gasteiger charge is -2.20. The van der Waals surface area contributed by atoms with Crippen molar-refractivity contribution in [2.24, 2.45) is 0 Å². The lowest BCUT2D eigenvalue weighted by atomic mass is 9.97. The maximum absolute atomic E-state index is 4.47. The molecule has 1 aromatic carbocycles. The lowest BCUT2D eigenvalue weighted by molar-refractivity contribution is 0.541. The summed E-state index contributed by atoms with van der Waals surface area (Å²) in [6.07, 6.45) is 2.77. The molecule has 2 aromatic rings. The fourth-order valence-electron chi connectivity index (χ4n) is 2.25. The van der Waals surface area contributed by atoms with Crippen molar-refractivity contribution in [2.75, 3.05) is 6.54 Å². The zero-order valence-corrected chi connectivity index (χ0v) is 12.9. The molecule has 100 valence electrons. The van der Waals surface area contributed by atoms with Gasteiger partial charge in [0.15, 0.2) is 0 Å². The van der Waals surface area contributed by atoms with Gasteiger partial charge in [0, 0.05) is 28.8 Å². The first-order chi connectivity index (χ1) is 9.20. The summed E-state index contributed by atoms with van der Waals surface area (Å²) in [7, 11) is 0. The number of aryl methyl sites for hydroxylation is 1. The molecular formula is C16H19BrN2. The minimum atomic E-state index is 0.319. The molecule has 1 unspecified atom stereocenters. The highest BCUT2D eigenvalue weighted by Crippen LogP contribution is 2.21. The number of aromatic nitrogens is 1. The van der Waals surface area contributed by atoms with E-state index >= 15 is 0 Å². The number of nitrogens with one attached hydrogen (secondary N) is 1. The molecule has 0 bridgehead atoms. The predicted octanol–water partition coefficient (Wildman–Crippen LogP) is 4.05. The van der Waals surface area contributed by atoms with Crippen molar-refractivity contribution >= 4 is 15.9 Å². The van der Waals surface area contributed by atoms with Crippen molar-refractivity contribution in [2.45, 2.75) is 26.3 Å². The second kappa shape index (κ2) is 6.83. The third-order valence-corrected chi connectivity index (χ3v) is 3.69. The van der Waals surface area contributed by atoms with Crippen LogP contribution in [0.15, 0.2) is 47.1 Å². The van der Waals surface area contributed by atoms with Crippen molar-refractivity contribution in [3.05, 3.63) is 63.9 Å². The average molecular weight is 319 g/mol. The lowest BCUT2D eigenvalue weighted by Crippen LogP contribution is -2.24. The maximum Gasteiger partial charge on any atom is 0.0423 e. The van der Waals surface area contributed by atoms with Gasteiger partial charge in [-0.05, 0) is 52.7 Å². The standard InChI is InChI=1S/C16H19BrN2/c1-3-18-16(15-7-5-4-6-12(15)2)10-14-9-8-13(17)11-19-14/h4-9,11,16,18H,3,10H2,1-2H3. The van der Waals surface area contributed by atoms with Gasteiger partial charge in [-0.25, -0.2) is 0 Å². The van der Waals surface area contributed by atoms with Crippen molar-refractivity contribution in [1.29, 1.82) is 0 Å². The molecule has 0 radical (unpaired) electrons. The van der Waals surface area contributed by atoms with E-state index < -0.39 is 0 Å². The normalized spacial score (nSPS) is 12.4. The third-order valence-electron chi connectivity index (χ3n) is 3.22. The Morgan fingerprint density at radius 2 is 2.00 bits per heavy atom. The molecule has 1 atom stereocenters. The number of hydrogen-bond donors (Lipinski definition) is 1. The number of hydrogen-bond acceptors (Lipinski definition) is 2. The van der Waals surface area contributed by atoms with Crippen LogP contribution < -0.4 is 5.32 Å². The smallest absolute Gasteiger partial charge is 0.0423 e. The van der Waals surface area contributed by atoms with E-state index in [9.17, 15) is 0 Å². The fraction of sp³-hybridized carbons (Fsp3) is 0.312. The number of pyridine rings is 1. The van der Waals surface area contributed by atoms with Crippen LogP contribution in [0.4, 0.5) is 0 Å². The van der Waals surface area contributed by atoms with Crippen LogP contribution in [0.3, 0.4) is 0 Å². The van der Waals surface area contributed by atoms with Gasteiger partial charge in [0.1, 0.15) is 0 Å². The van der Waals surface area contributed by atoms with Gasteiger partial charge in [0.2, 0.25) is 0 Å². The second-order valence-corrected chi connectivity index (χ2v) is 5.55. The Balaban J connectivity index is 2.21. The Morgan fingerprint density at radius 3 is 2.63 bits per heavy atom. The summed E-state index contributed by atoms with van der Waals surface area (Å²) in [4.78, 5) is 4.47. The first kappa shape index (κ1) is 14.2. The summed E-state index contributed by atoms with van der Waals surface area (Å²) >= 11 is 3.42.